The highest BCUT2D eigenvalue weighted by Crippen LogP contribution is 2.28. The molecule has 8 heteroatoms. The molecule has 2 aromatic rings. The maximum Gasteiger partial charge on any atom is 0.407 e. The zero-order valence-electron chi connectivity index (χ0n) is 13.7. The highest BCUT2D eigenvalue weighted by Gasteiger charge is 2.45. The van der Waals surface area contributed by atoms with Crippen LogP contribution in [0.1, 0.15) is 34.7 Å². The van der Waals surface area contributed by atoms with Crippen molar-refractivity contribution in [2.24, 2.45) is 0 Å². The van der Waals surface area contributed by atoms with E-state index in [9.17, 15) is 9.59 Å². The minimum atomic E-state index is -0.602. The number of nitrogens with zero attached hydrogens (tertiary/aromatic N) is 4. The number of nitrogens with one attached hydrogen (secondary N) is 1. The molecule has 8 nitrogen and oxygen atoms in total. The largest absolute Gasteiger partial charge is 0.439 e. The third kappa shape index (κ3) is 2.38. The zero-order chi connectivity index (χ0) is 16.9. The van der Waals surface area contributed by atoms with E-state index in [1.807, 2.05) is 19.9 Å². The molecular formula is C16H19N5O3. The second-order valence-electron chi connectivity index (χ2n) is 6.59. The fraction of sp³-hybridized carbons (Fsp3) is 0.500. The maximum atomic E-state index is 12.8. The number of carbonyl (C=O) groups is 2. The average molecular weight is 329 g/mol. The molecule has 2 amide bonds. The summed E-state index contributed by atoms with van der Waals surface area (Å²) in [5.74, 6) is -0.153. The Hall–Kier alpha value is -2.64. The zero-order valence-corrected chi connectivity index (χ0v) is 13.7. The van der Waals surface area contributed by atoms with Crippen LogP contribution >= 0.6 is 0 Å². The van der Waals surface area contributed by atoms with E-state index in [2.05, 4.69) is 15.4 Å². The van der Waals surface area contributed by atoms with E-state index in [0.29, 0.717) is 31.0 Å². The monoisotopic (exact) mass is 329 g/mol. The Kier molecular flexibility index (Phi) is 3.22. The Balaban J connectivity index is 1.61. The van der Waals surface area contributed by atoms with Gasteiger partial charge in [-0.15, -0.1) is 0 Å². The molecule has 0 aromatic carbocycles. The van der Waals surface area contributed by atoms with E-state index in [1.165, 1.54) is 0 Å². The van der Waals surface area contributed by atoms with Gasteiger partial charge in [0.05, 0.1) is 13.1 Å². The lowest BCUT2D eigenvalue weighted by Crippen LogP contribution is -2.52. The SMILES string of the molecule is Cc1cc(C)n2nc(C(=O)N3CCC[C@@]4(CNC(=O)O4)C3)cc2n1. The number of carbonyl (C=O) groups excluding carboxylic acids is 2. The molecule has 0 radical (unpaired) electrons. The number of alkyl carbamates (subject to hydrolysis) is 1. The molecule has 2 aliphatic rings. The van der Waals surface area contributed by atoms with Gasteiger partial charge in [-0.3, -0.25) is 4.79 Å². The van der Waals surface area contributed by atoms with Gasteiger partial charge in [0.1, 0.15) is 5.60 Å². The van der Waals surface area contributed by atoms with Gasteiger partial charge in [-0.2, -0.15) is 5.10 Å². The van der Waals surface area contributed by atoms with Crippen LogP contribution in [0.15, 0.2) is 12.1 Å². The van der Waals surface area contributed by atoms with Crippen LogP contribution in [0, 0.1) is 13.8 Å². The molecule has 2 fully saturated rings. The first-order valence-corrected chi connectivity index (χ1v) is 8.06. The van der Waals surface area contributed by atoms with Crippen molar-refractivity contribution >= 4 is 17.6 Å². The van der Waals surface area contributed by atoms with Gasteiger partial charge in [0, 0.05) is 24.0 Å². The van der Waals surface area contributed by atoms with Gasteiger partial charge in [0.2, 0.25) is 0 Å². The predicted octanol–water partition coefficient (Wildman–Crippen LogP) is 1.06. The number of ether oxygens (including phenoxy) is 1. The van der Waals surface area contributed by atoms with E-state index in [0.717, 1.165) is 24.2 Å². The summed E-state index contributed by atoms with van der Waals surface area (Å²) in [6.07, 6.45) is 1.15. The van der Waals surface area contributed by atoms with Crippen LogP contribution in [0.3, 0.4) is 0 Å². The molecule has 24 heavy (non-hydrogen) atoms. The van der Waals surface area contributed by atoms with Gasteiger partial charge in [-0.1, -0.05) is 0 Å². The quantitative estimate of drug-likeness (QED) is 0.845. The Morgan fingerprint density at radius 2 is 2.21 bits per heavy atom. The number of amides is 2. The van der Waals surface area contributed by atoms with Crippen molar-refractivity contribution in [2.45, 2.75) is 32.3 Å². The lowest BCUT2D eigenvalue weighted by Gasteiger charge is -2.37. The van der Waals surface area contributed by atoms with Crippen molar-refractivity contribution in [3.8, 4) is 0 Å². The van der Waals surface area contributed by atoms with Gasteiger partial charge in [-0.25, -0.2) is 14.3 Å². The van der Waals surface area contributed by atoms with Gasteiger partial charge in [0.25, 0.3) is 5.91 Å². The van der Waals surface area contributed by atoms with Crippen LogP contribution in [0.2, 0.25) is 0 Å². The number of hydrogen-bond acceptors (Lipinski definition) is 5. The number of aryl methyl sites for hydroxylation is 2. The normalized spacial score (nSPS) is 23.6. The molecule has 1 atom stereocenters. The number of piperidine rings is 1. The van der Waals surface area contributed by atoms with Crippen LogP contribution in [-0.4, -0.2) is 56.7 Å². The molecule has 4 rings (SSSR count). The summed E-state index contributed by atoms with van der Waals surface area (Å²) in [4.78, 5) is 30.4. The van der Waals surface area contributed by atoms with Crippen LogP contribution in [0.25, 0.3) is 5.65 Å². The van der Waals surface area contributed by atoms with E-state index < -0.39 is 11.7 Å². The summed E-state index contributed by atoms with van der Waals surface area (Å²) in [5.41, 5.74) is 2.25. The third-order valence-corrected chi connectivity index (χ3v) is 4.64. The Morgan fingerprint density at radius 3 is 2.96 bits per heavy atom. The summed E-state index contributed by atoms with van der Waals surface area (Å²) in [6, 6.07) is 3.64. The van der Waals surface area contributed by atoms with Gasteiger partial charge in [0.15, 0.2) is 11.3 Å². The summed E-state index contributed by atoms with van der Waals surface area (Å²) < 4.78 is 7.10. The third-order valence-electron chi connectivity index (χ3n) is 4.64. The summed E-state index contributed by atoms with van der Waals surface area (Å²) >= 11 is 0. The Bertz CT molecular complexity index is 846. The van der Waals surface area contributed by atoms with Gasteiger partial charge < -0.3 is 15.0 Å². The molecule has 2 aliphatic heterocycles. The fourth-order valence-corrected chi connectivity index (χ4v) is 3.55. The Morgan fingerprint density at radius 1 is 1.38 bits per heavy atom. The van der Waals surface area contributed by atoms with Gasteiger partial charge >= 0.3 is 6.09 Å². The molecule has 1 N–H and O–H groups in total. The molecule has 0 unspecified atom stereocenters. The number of hydrogen-bond donors (Lipinski definition) is 1. The molecule has 0 bridgehead atoms. The van der Waals surface area contributed by atoms with E-state index in [1.54, 1.807) is 15.5 Å². The number of rotatable bonds is 1. The van der Waals surface area contributed by atoms with Crippen molar-refractivity contribution in [2.75, 3.05) is 19.6 Å². The lowest BCUT2D eigenvalue weighted by atomic mass is 9.93. The average Bonchev–Trinajstić information content (AvgIpc) is 3.11. The van der Waals surface area contributed by atoms with Gasteiger partial charge in [-0.05, 0) is 32.8 Å². The molecule has 0 aliphatic carbocycles. The topological polar surface area (TPSA) is 88.8 Å². The highest BCUT2D eigenvalue weighted by atomic mass is 16.6. The van der Waals surface area contributed by atoms with E-state index in [4.69, 9.17) is 4.74 Å². The molecule has 4 heterocycles. The second kappa shape index (κ2) is 5.19. The number of aromatic nitrogens is 3. The van der Waals surface area contributed by atoms with Crippen LogP contribution in [0.4, 0.5) is 4.79 Å². The molecule has 0 saturated carbocycles. The maximum absolute atomic E-state index is 12.8. The first kappa shape index (κ1) is 14.9. The Labute approximate surface area is 138 Å². The molecule has 2 saturated heterocycles. The molecule has 126 valence electrons. The van der Waals surface area contributed by atoms with Crippen molar-refractivity contribution in [1.82, 2.24) is 24.8 Å². The van der Waals surface area contributed by atoms with Crippen LogP contribution in [-0.2, 0) is 4.74 Å². The summed E-state index contributed by atoms with van der Waals surface area (Å²) in [6.45, 7) is 5.32. The number of likely N-dealkylation sites (tertiary alicyclic amines) is 1. The van der Waals surface area contributed by atoms with Crippen molar-refractivity contribution < 1.29 is 14.3 Å². The minimum Gasteiger partial charge on any atom is -0.439 e. The predicted molar refractivity (Wildman–Crippen MR) is 84.8 cm³/mol. The molecule has 2 aromatic heterocycles. The second-order valence-corrected chi connectivity index (χ2v) is 6.59. The summed E-state index contributed by atoms with van der Waals surface area (Å²) in [5, 5.41) is 7.08. The first-order chi connectivity index (χ1) is 11.5. The van der Waals surface area contributed by atoms with E-state index in [-0.39, 0.29) is 5.91 Å². The van der Waals surface area contributed by atoms with E-state index >= 15 is 0 Å². The van der Waals surface area contributed by atoms with Crippen LogP contribution < -0.4 is 5.32 Å². The van der Waals surface area contributed by atoms with Crippen molar-refractivity contribution in [3.05, 3.63) is 29.2 Å². The fourth-order valence-electron chi connectivity index (χ4n) is 3.55. The molecular weight excluding hydrogens is 310 g/mol. The molecule has 1 spiro atoms. The summed E-state index contributed by atoms with van der Waals surface area (Å²) in [7, 11) is 0. The first-order valence-electron chi connectivity index (χ1n) is 8.06. The lowest BCUT2D eigenvalue weighted by molar-refractivity contribution is -0.00524. The van der Waals surface area contributed by atoms with Crippen LogP contribution in [0.5, 0.6) is 0 Å². The highest BCUT2D eigenvalue weighted by molar-refractivity contribution is 5.93. The minimum absolute atomic E-state index is 0.153. The number of fused-ring (bicyclic) bond motifs is 1. The van der Waals surface area contributed by atoms with Crippen molar-refractivity contribution in [1.29, 1.82) is 0 Å². The standard InChI is InChI=1S/C16H19N5O3/c1-10-6-11(2)21-13(18-10)7-12(19-21)14(22)20-5-3-4-16(9-20)8-17-15(23)24-16/h6-7H,3-5,8-9H2,1-2H3,(H,17,23)/t16-/m1/s1. The van der Waals surface area contributed by atoms with Crippen molar-refractivity contribution in [3.63, 3.8) is 0 Å². The smallest absolute Gasteiger partial charge is 0.407 e.